The molecule has 140 valence electrons. The Kier molecular flexibility index (Phi) is 4.36. The van der Waals surface area contributed by atoms with Gasteiger partial charge in [0.15, 0.2) is 17.0 Å². The van der Waals surface area contributed by atoms with E-state index >= 15 is 0 Å². The Bertz CT molecular complexity index is 1240. The minimum absolute atomic E-state index is 0.00442. The van der Waals surface area contributed by atoms with Crippen LogP contribution in [0.15, 0.2) is 59.7 Å². The first-order chi connectivity index (χ1) is 13.5. The van der Waals surface area contributed by atoms with Gasteiger partial charge in [-0.15, -0.1) is 5.10 Å². The molecule has 0 fully saturated rings. The molecule has 2 heterocycles. The van der Waals surface area contributed by atoms with E-state index in [4.69, 9.17) is 0 Å². The smallest absolute Gasteiger partial charge is 0.284 e. The van der Waals surface area contributed by atoms with Crippen LogP contribution < -0.4 is 10.9 Å². The third-order valence-corrected chi connectivity index (χ3v) is 3.94. The van der Waals surface area contributed by atoms with Crippen molar-refractivity contribution in [1.82, 2.24) is 24.5 Å². The summed E-state index contributed by atoms with van der Waals surface area (Å²) < 4.78 is 29.2. The molecule has 4 rings (SSSR count). The molecule has 0 saturated carbocycles. The second-order valence-corrected chi connectivity index (χ2v) is 5.86. The zero-order valence-corrected chi connectivity index (χ0v) is 14.2. The first-order valence-electron chi connectivity index (χ1n) is 8.14. The van der Waals surface area contributed by atoms with Gasteiger partial charge in [0.05, 0.1) is 0 Å². The number of anilines is 1. The van der Waals surface area contributed by atoms with Crippen molar-refractivity contribution in [2.75, 3.05) is 5.32 Å². The van der Waals surface area contributed by atoms with Crippen LogP contribution in [0.3, 0.4) is 0 Å². The van der Waals surface area contributed by atoms with Crippen molar-refractivity contribution in [2.24, 2.45) is 0 Å². The molecule has 0 aliphatic rings. The third kappa shape index (κ3) is 3.22. The van der Waals surface area contributed by atoms with E-state index in [0.717, 1.165) is 21.6 Å². The molecule has 0 spiro atoms. The van der Waals surface area contributed by atoms with Crippen molar-refractivity contribution >= 4 is 22.8 Å². The second kappa shape index (κ2) is 6.99. The number of para-hydroxylation sites is 1. The summed E-state index contributed by atoms with van der Waals surface area (Å²) in [4.78, 5) is 28.8. The van der Waals surface area contributed by atoms with Crippen molar-refractivity contribution in [3.05, 3.63) is 76.8 Å². The van der Waals surface area contributed by atoms with Crippen LogP contribution in [0.5, 0.6) is 0 Å². The molecule has 0 radical (unpaired) electrons. The monoisotopic (exact) mass is 382 g/mol. The molecule has 2 aromatic carbocycles. The maximum absolute atomic E-state index is 14.0. The normalized spacial score (nSPS) is 10.9. The zero-order valence-electron chi connectivity index (χ0n) is 14.2. The largest absolute Gasteiger partial charge is 0.325 e. The predicted octanol–water partition coefficient (Wildman–Crippen LogP) is 1.89. The Hall–Kier alpha value is -3.95. The van der Waals surface area contributed by atoms with Crippen LogP contribution >= 0.6 is 0 Å². The van der Waals surface area contributed by atoms with E-state index in [0.29, 0.717) is 11.8 Å². The quantitative estimate of drug-likeness (QED) is 0.582. The van der Waals surface area contributed by atoms with Crippen LogP contribution in [0.1, 0.15) is 0 Å². The average Bonchev–Trinajstić information content (AvgIpc) is 3.09. The van der Waals surface area contributed by atoms with Gasteiger partial charge in [0.25, 0.3) is 5.56 Å². The van der Waals surface area contributed by atoms with Crippen molar-refractivity contribution in [2.45, 2.75) is 6.54 Å². The Balaban J connectivity index is 1.65. The lowest BCUT2D eigenvalue weighted by Gasteiger charge is -2.07. The Morgan fingerprint density at radius 1 is 1.11 bits per heavy atom. The maximum Gasteiger partial charge on any atom is 0.284 e. The van der Waals surface area contributed by atoms with Crippen molar-refractivity contribution < 1.29 is 13.6 Å². The van der Waals surface area contributed by atoms with Gasteiger partial charge in [-0.05, 0) is 24.3 Å². The van der Waals surface area contributed by atoms with E-state index in [2.05, 4.69) is 20.6 Å². The molecule has 10 heteroatoms. The van der Waals surface area contributed by atoms with Crippen LogP contribution in [0.4, 0.5) is 14.5 Å². The van der Waals surface area contributed by atoms with Gasteiger partial charge in [-0.1, -0.05) is 23.4 Å². The van der Waals surface area contributed by atoms with E-state index in [9.17, 15) is 18.4 Å². The first-order valence-corrected chi connectivity index (χ1v) is 8.14. The summed E-state index contributed by atoms with van der Waals surface area (Å²) in [5, 5.41) is 10.1. The highest BCUT2D eigenvalue weighted by Gasteiger charge is 2.17. The highest BCUT2D eigenvalue weighted by Crippen LogP contribution is 2.16. The fourth-order valence-electron chi connectivity index (χ4n) is 2.65. The summed E-state index contributed by atoms with van der Waals surface area (Å²) in [7, 11) is 0. The van der Waals surface area contributed by atoms with E-state index in [1.165, 1.54) is 6.07 Å². The standard InChI is InChI=1S/C18H12F2N6O2/c19-11-6-7-14(13(20)8-11)26-17-16(23-24-26)18(28)25(10-21-17)9-15(27)22-12-4-2-1-3-5-12/h1-8,10H,9H2,(H,22,27). The second-order valence-electron chi connectivity index (χ2n) is 5.86. The molecule has 28 heavy (non-hydrogen) atoms. The first kappa shape index (κ1) is 17.5. The van der Waals surface area contributed by atoms with Gasteiger partial charge >= 0.3 is 0 Å². The minimum Gasteiger partial charge on any atom is -0.325 e. The number of nitrogens with one attached hydrogen (secondary N) is 1. The minimum atomic E-state index is -0.875. The predicted molar refractivity (Wildman–Crippen MR) is 95.9 cm³/mol. The van der Waals surface area contributed by atoms with Crippen LogP contribution in [0.2, 0.25) is 0 Å². The van der Waals surface area contributed by atoms with E-state index in [1.54, 1.807) is 24.3 Å². The molecule has 1 N–H and O–H groups in total. The molecule has 8 nitrogen and oxygen atoms in total. The lowest BCUT2D eigenvalue weighted by molar-refractivity contribution is -0.116. The van der Waals surface area contributed by atoms with Gasteiger partial charge in [0.1, 0.15) is 24.4 Å². The highest BCUT2D eigenvalue weighted by atomic mass is 19.1. The van der Waals surface area contributed by atoms with Crippen molar-refractivity contribution in [3.63, 3.8) is 0 Å². The number of fused-ring (bicyclic) bond motifs is 1. The van der Waals surface area contributed by atoms with E-state index < -0.39 is 23.1 Å². The number of aromatic nitrogens is 5. The highest BCUT2D eigenvalue weighted by molar-refractivity contribution is 5.90. The molecule has 0 aliphatic heterocycles. The molecule has 0 unspecified atom stereocenters. The summed E-state index contributed by atoms with van der Waals surface area (Å²) in [5.41, 5.74) is -0.265. The molecule has 0 saturated heterocycles. The third-order valence-electron chi connectivity index (χ3n) is 3.94. The molecule has 0 bridgehead atoms. The number of carbonyl (C=O) groups excluding carboxylic acids is 1. The van der Waals surface area contributed by atoms with Crippen LogP contribution in [-0.4, -0.2) is 30.5 Å². The molecule has 1 amide bonds. The summed E-state index contributed by atoms with van der Waals surface area (Å²) in [5.74, 6) is -2.04. The van der Waals surface area contributed by atoms with Gasteiger partial charge in [0.2, 0.25) is 5.91 Å². The average molecular weight is 382 g/mol. The van der Waals surface area contributed by atoms with E-state index in [-0.39, 0.29) is 23.4 Å². The summed E-state index contributed by atoms with van der Waals surface area (Å²) in [6.07, 6.45) is 1.15. The topological polar surface area (TPSA) is 94.7 Å². The Morgan fingerprint density at radius 2 is 1.89 bits per heavy atom. The lowest BCUT2D eigenvalue weighted by atomic mass is 10.3. The zero-order chi connectivity index (χ0) is 19.7. The number of nitrogens with zero attached hydrogens (tertiary/aromatic N) is 5. The van der Waals surface area contributed by atoms with Crippen LogP contribution in [0, 0.1) is 11.6 Å². The Morgan fingerprint density at radius 3 is 2.64 bits per heavy atom. The number of amides is 1. The molecule has 0 atom stereocenters. The number of carbonyl (C=O) groups is 1. The van der Waals surface area contributed by atoms with Gasteiger partial charge in [0, 0.05) is 11.8 Å². The number of hydrogen-bond acceptors (Lipinski definition) is 5. The van der Waals surface area contributed by atoms with E-state index in [1.807, 2.05) is 6.07 Å². The molecule has 0 aliphatic carbocycles. The number of halogens is 2. The summed E-state index contributed by atoms with van der Waals surface area (Å²) >= 11 is 0. The Labute approximate surface area is 156 Å². The molecule has 4 aromatic rings. The molecule has 2 aromatic heterocycles. The SMILES string of the molecule is O=C(Cn1cnc2c(nnn2-c2ccc(F)cc2F)c1=O)Nc1ccccc1. The number of hydrogen-bond donors (Lipinski definition) is 1. The van der Waals surface area contributed by atoms with Crippen molar-refractivity contribution in [3.8, 4) is 5.69 Å². The van der Waals surface area contributed by atoms with Crippen molar-refractivity contribution in [1.29, 1.82) is 0 Å². The fraction of sp³-hybridized carbons (Fsp3) is 0.0556. The summed E-state index contributed by atoms with van der Waals surface area (Å²) in [6, 6.07) is 11.7. The fourth-order valence-corrected chi connectivity index (χ4v) is 2.65. The molecular formula is C18H12F2N6O2. The van der Waals surface area contributed by atoms with Gasteiger partial charge < -0.3 is 5.32 Å². The number of rotatable bonds is 4. The van der Waals surface area contributed by atoms with Gasteiger partial charge in [-0.25, -0.2) is 13.8 Å². The van der Waals surface area contributed by atoms with Crippen LogP contribution in [0.25, 0.3) is 16.9 Å². The number of benzene rings is 2. The maximum atomic E-state index is 14.0. The summed E-state index contributed by atoms with van der Waals surface area (Å²) in [6.45, 7) is -0.283. The molecular weight excluding hydrogens is 370 g/mol. The van der Waals surface area contributed by atoms with Gasteiger partial charge in [-0.2, -0.15) is 4.68 Å². The lowest BCUT2D eigenvalue weighted by Crippen LogP contribution is -2.28. The van der Waals surface area contributed by atoms with Gasteiger partial charge in [-0.3, -0.25) is 14.2 Å². The van der Waals surface area contributed by atoms with Crippen LogP contribution in [-0.2, 0) is 11.3 Å².